The summed E-state index contributed by atoms with van der Waals surface area (Å²) in [5.41, 5.74) is 5.02. The molecule has 0 aromatic heterocycles. The molecule has 2 aromatic carbocycles. The van der Waals surface area contributed by atoms with Crippen LogP contribution in [-0.2, 0) is 14.8 Å². The van der Waals surface area contributed by atoms with Crippen molar-refractivity contribution >= 4 is 27.8 Å². The zero-order valence-electron chi connectivity index (χ0n) is 18.4. The van der Waals surface area contributed by atoms with Crippen LogP contribution in [0.3, 0.4) is 0 Å². The highest BCUT2D eigenvalue weighted by atomic mass is 32.2. The summed E-state index contributed by atoms with van der Waals surface area (Å²) in [7, 11) is 0.803. The summed E-state index contributed by atoms with van der Waals surface area (Å²) < 4.78 is 41.5. The van der Waals surface area contributed by atoms with E-state index in [1.165, 1.54) is 27.5 Å². The van der Waals surface area contributed by atoms with E-state index in [1.54, 1.807) is 25.1 Å². The van der Waals surface area contributed by atoms with Crippen molar-refractivity contribution in [3.63, 3.8) is 0 Å². The summed E-state index contributed by atoms with van der Waals surface area (Å²) in [6, 6.07) is 8.74. The Balaban J connectivity index is 2.19. The van der Waals surface area contributed by atoms with Crippen molar-refractivity contribution in [2.75, 3.05) is 38.4 Å². The van der Waals surface area contributed by atoms with Gasteiger partial charge in [0.15, 0.2) is 11.5 Å². The first-order valence-corrected chi connectivity index (χ1v) is 11.1. The predicted molar refractivity (Wildman–Crippen MR) is 120 cm³/mol. The Hall–Kier alpha value is -3.27. The fourth-order valence-electron chi connectivity index (χ4n) is 2.89. The van der Waals surface area contributed by atoms with E-state index >= 15 is 0 Å². The minimum atomic E-state index is -3.68. The second-order valence-corrected chi connectivity index (χ2v) is 8.72. The van der Waals surface area contributed by atoms with Crippen molar-refractivity contribution in [2.24, 2.45) is 5.10 Å². The molecule has 0 fully saturated rings. The number of rotatable bonds is 9. The summed E-state index contributed by atoms with van der Waals surface area (Å²) in [6.07, 6.45) is 2.45. The molecule has 168 valence electrons. The van der Waals surface area contributed by atoms with Crippen molar-refractivity contribution < 1.29 is 27.4 Å². The van der Waals surface area contributed by atoms with Gasteiger partial charge in [0.1, 0.15) is 6.54 Å². The molecule has 2 rings (SSSR count). The maximum atomic E-state index is 12.4. The molecule has 0 aliphatic heterocycles. The van der Waals surface area contributed by atoms with Crippen LogP contribution in [0.15, 0.2) is 35.4 Å². The second kappa shape index (κ2) is 10.2. The Morgan fingerprint density at radius 3 is 2.19 bits per heavy atom. The number of carbonyl (C=O) groups is 1. The number of nitrogens with one attached hydrogen (secondary N) is 1. The Kier molecular flexibility index (Phi) is 7.87. The van der Waals surface area contributed by atoms with Crippen molar-refractivity contribution in [1.29, 1.82) is 0 Å². The van der Waals surface area contributed by atoms with E-state index in [1.807, 2.05) is 19.1 Å². The molecule has 0 aliphatic carbocycles. The van der Waals surface area contributed by atoms with Crippen LogP contribution in [0.25, 0.3) is 0 Å². The van der Waals surface area contributed by atoms with Crippen LogP contribution in [0.1, 0.15) is 16.7 Å². The zero-order valence-corrected chi connectivity index (χ0v) is 19.2. The Morgan fingerprint density at radius 1 is 1.06 bits per heavy atom. The van der Waals surface area contributed by atoms with E-state index in [9.17, 15) is 13.2 Å². The quantitative estimate of drug-likeness (QED) is 0.465. The van der Waals surface area contributed by atoms with Crippen LogP contribution in [0, 0.1) is 13.8 Å². The molecule has 0 radical (unpaired) electrons. The third-order valence-electron chi connectivity index (χ3n) is 4.41. The molecule has 0 heterocycles. The first kappa shape index (κ1) is 24.0. The largest absolute Gasteiger partial charge is 0.493 e. The molecule has 0 atom stereocenters. The zero-order chi connectivity index (χ0) is 23.2. The van der Waals surface area contributed by atoms with Gasteiger partial charge < -0.3 is 14.2 Å². The van der Waals surface area contributed by atoms with Gasteiger partial charge in [-0.15, -0.1) is 0 Å². The van der Waals surface area contributed by atoms with E-state index in [4.69, 9.17) is 14.2 Å². The highest BCUT2D eigenvalue weighted by Crippen LogP contribution is 2.37. The van der Waals surface area contributed by atoms with E-state index in [0.717, 1.165) is 21.7 Å². The molecule has 9 nitrogen and oxygen atoms in total. The van der Waals surface area contributed by atoms with Crippen molar-refractivity contribution in [2.45, 2.75) is 13.8 Å². The molecule has 1 N–H and O–H groups in total. The number of methoxy groups -OCH3 is 3. The highest BCUT2D eigenvalue weighted by Gasteiger charge is 2.22. The van der Waals surface area contributed by atoms with Gasteiger partial charge in [0.25, 0.3) is 5.91 Å². The normalized spacial score (nSPS) is 11.3. The molecule has 0 bridgehead atoms. The third kappa shape index (κ3) is 6.11. The monoisotopic (exact) mass is 449 g/mol. The van der Waals surface area contributed by atoms with Crippen LogP contribution in [0.5, 0.6) is 17.2 Å². The van der Waals surface area contributed by atoms with Gasteiger partial charge in [-0.05, 0) is 43.2 Å². The summed E-state index contributed by atoms with van der Waals surface area (Å²) in [6.45, 7) is 3.23. The number of hydrogen-bond donors (Lipinski definition) is 1. The van der Waals surface area contributed by atoms with Gasteiger partial charge >= 0.3 is 0 Å². The van der Waals surface area contributed by atoms with Gasteiger partial charge in [-0.1, -0.05) is 12.1 Å². The summed E-state index contributed by atoms with van der Waals surface area (Å²) in [5, 5.41) is 3.92. The second-order valence-electron chi connectivity index (χ2n) is 6.81. The Labute approximate surface area is 182 Å². The average molecular weight is 450 g/mol. The van der Waals surface area contributed by atoms with Gasteiger partial charge in [0, 0.05) is 5.56 Å². The fourth-order valence-corrected chi connectivity index (χ4v) is 3.80. The van der Waals surface area contributed by atoms with E-state index in [0.29, 0.717) is 28.5 Å². The lowest BCUT2D eigenvalue weighted by atomic mass is 10.1. The standard InChI is InChI=1S/C21H27N3O6S/c1-14-7-8-15(2)17(9-14)24(31(6,26)27)13-20(25)23-22-12-16-10-18(28-3)21(30-5)19(11-16)29-4/h7-12H,13H2,1-6H3,(H,23,25)/b22-12-. The maximum Gasteiger partial charge on any atom is 0.260 e. The van der Waals surface area contributed by atoms with Crippen LogP contribution in [0.2, 0.25) is 0 Å². The van der Waals surface area contributed by atoms with Crippen LogP contribution in [-0.4, -0.2) is 54.7 Å². The predicted octanol–water partition coefficient (Wildman–Crippen LogP) is 2.25. The number of hydrogen-bond acceptors (Lipinski definition) is 7. The fraction of sp³-hybridized carbons (Fsp3) is 0.333. The molecule has 0 saturated heterocycles. The molecular weight excluding hydrogens is 422 g/mol. The number of nitrogens with zero attached hydrogens (tertiary/aromatic N) is 2. The smallest absolute Gasteiger partial charge is 0.260 e. The number of ether oxygens (including phenoxy) is 3. The number of benzene rings is 2. The number of sulfonamides is 1. The average Bonchev–Trinajstić information content (AvgIpc) is 2.72. The number of hydrazone groups is 1. The Morgan fingerprint density at radius 2 is 1.68 bits per heavy atom. The van der Waals surface area contributed by atoms with Gasteiger partial charge in [0.2, 0.25) is 15.8 Å². The Bertz CT molecular complexity index is 1060. The van der Waals surface area contributed by atoms with Gasteiger partial charge in [-0.25, -0.2) is 13.8 Å². The maximum absolute atomic E-state index is 12.4. The van der Waals surface area contributed by atoms with Gasteiger partial charge in [-0.2, -0.15) is 5.10 Å². The molecule has 10 heteroatoms. The molecule has 0 unspecified atom stereocenters. The lowest BCUT2D eigenvalue weighted by Gasteiger charge is -2.23. The SMILES string of the molecule is COc1cc(/C=N\NC(=O)CN(c2cc(C)ccc2C)S(C)(=O)=O)cc(OC)c1OC. The number of anilines is 1. The van der Waals surface area contributed by atoms with Gasteiger partial charge in [-0.3, -0.25) is 9.10 Å². The minimum Gasteiger partial charge on any atom is -0.493 e. The van der Waals surface area contributed by atoms with E-state index in [-0.39, 0.29) is 0 Å². The lowest BCUT2D eigenvalue weighted by Crippen LogP contribution is -2.39. The van der Waals surface area contributed by atoms with Crippen LogP contribution in [0.4, 0.5) is 5.69 Å². The first-order valence-electron chi connectivity index (χ1n) is 9.27. The number of amides is 1. The molecule has 31 heavy (non-hydrogen) atoms. The molecule has 0 spiro atoms. The first-order chi connectivity index (χ1) is 14.6. The van der Waals surface area contributed by atoms with E-state index in [2.05, 4.69) is 10.5 Å². The molecular formula is C21H27N3O6S. The molecule has 2 aromatic rings. The summed E-state index contributed by atoms with van der Waals surface area (Å²) in [4.78, 5) is 12.4. The number of carbonyl (C=O) groups excluding carboxylic acids is 1. The van der Waals surface area contributed by atoms with Crippen molar-refractivity contribution in [1.82, 2.24) is 5.43 Å². The third-order valence-corrected chi connectivity index (χ3v) is 5.54. The van der Waals surface area contributed by atoms with Gasteiger partial charge in [0.05, 0.1) is 39.5 Å². The minimum absolute atomic E-state index is 0.407. The molecule has 0 saturated carbocycles. The van der Waals surface area contributed by atoms with Crippen LogP contribution < -0.4 is 23.9 Å². The van der Waals surface area contributed by atoms with Crippen molar-refractivity contribution in [3.8, 4) is 17.2 Å². The van der Waals surface area contributed by atoms with Crippen molar-refractivity contribution in [3.05, 3.63) is 47.0 Å². The highest BCUT2D eigenvalue weighted by molar-refractivity contribution is 7.92. The topological polar surface area (TPSA) is 107 Å². The number of aryl methyl sites for hydroxylation is 2. The molecule has 0 aliphatic rings. The molecule has 1 amide bonds. The lowest BCUT2D eigenvalue weighted by molar-refractivity contribution is -0.119. The van der Waals surface area contributed by atoms with Crippen LogP contribution >= 0.6 is 0 Å². The van der Waals surface area contributed by atoms with E-state index < -0.39 is 22.5 Å². The summed E-state index contributed by atoms with van der Waals surface area (Å²) >= 11 is 0. The summed E-state index contributed by atoms with van der Waals surface area (Å²) in [5.74, 6) is 0.721.